The Morgan fingerprint density at radius 2 is 1.10 bits per heavy atom. The van der Waals surface area contributed by atoms with Gasteiger partial charge in [-0.1, -0.05) is 115 Å². The molecule has 0 fully saturated rings. The van der Waals surface area contributed by atoms with Crippen LogP contribution in [0.15, 0.2) is 192 Å². The van der Waals surface area contributed by atoms with Gasteiger partial charge in [0.05, 0.1) is 38.7 Å². The fraction of sp³-hybridized carbons (Fsp3) is 0.0638. The summed E-state index contributed by atoms with van der Waals surface area (Å²) in [5.74, 6) is -0.204. The van der Waals surface area contributed by atoms with Gasteiger partial charge in [-0.05, 0) is 53.6 Å². The Kier molecular flexibility index (Phi) is 10.2. The summed E-state index contributed by atoms with van der Waals surface area (Å²) in [6.45, 7) is 0.385. The van der Waals surface area contributed by atoms with Gasteiger partial charge in [-0.25, -0.2) is 29.8 Å². The number of carbonyl (C=O) groups is 1. The summed E-state index contributed by atoms with van der Waals surface area (Å²) in [4.78, 5) is 20.0. The highest BCUT2D eigenvalue weighted by molar-refractivity contribution is 7.90. The highest BCUT2D eigenvalue weighted by atomic mass is 32.2. The molecule has 0 aliphatic carbocycles. The fourth-order valence-electron chi connectivity index (χ4n) is 7.14. The van der Waals surface area contributed by atoms with Gasteiger partial charge in [0.2, 0.25) is 5.78 Å². The number of ketones is 1. The monoisotopic (exact) mass is 832 g/mol. The average molecular weight is 833 g/mol. The van der Waals surface area contributed by atoms with Gasteiger partial charge in [0.15, 0.2) is 5.82 Å². The van der Waals surface area contributed by atoms with Gasteiger partial charge >= 0.3 is 0 Å². The standard InChI is InChI=1S/C47H36N4O7S2/c52-46(42-29-51(60(55,56)38-21-11-4-12-22-38)45-27-36(25-26-40(42)45)58-32-35-17-7-2-8-18-35)47-48-43(30-49(47)33-57-31-34-15-5-1-6-16-34)41-28-50(44-24-14-13-23-39(41)44)59(53,54)37-19-9-3-10-20-37/h1-30H,31-33H2. The highest BCUT2D eigenvalue weighted by Crippen LogP contribution is 2.35. The van der Waals surface area contributed by atoms with Crippen molar-refractivity contribution < 1.29 is 31.1 Å². The molecule has 0 bridgehead atoms. The average Bonchev–Trinajstić information content (AvgIpc) is 4.01. The molecule has 0 spiro atoms. The number of benzene rings is 6. The van der Waals surface area contributed by atoms with Gasteiger partial charge in [-0.2, -0.15) is 0 Å². The largest absolute Gasteiger partial charge is 0.489 e. The Bertz CT molecular complexity index is 3220. The molecular formula is C47H36N4O7S2. The van der Waals surface area contributed by atoms with E-state index in [1.165, 1.54) is 40.6 Å². The van der Waals surface area contributed by atoms with Crippen molar-refractivity contribution in [1.29, 1.82) is 0 Å². The second-order valence-electron chi connectivity index (χ2n) is 14.0. The molecular weight excluding hydrogens is 797 g/mol. The minimum absolute atomic E-state index is 0.0384. The smallest absolute Gasteiger partial charge is 0.268 e. The number of hydrogen-bond donors (Lipinski definition) is 0. The first-order valence-corrected chi connectivity index (χ1v) is 21.8. The van der Waals surface area contributed by atoms with E-state index in [-0.39, 0.29) is 46.6 Å². The topological polar surface area (TPSA) is 131 Å². The van der Waals surface area contributed by atoms with Crippen LogP contribution in [0.4, 0.5) is 0 Å². The molecule has 0 atom stereocenters. The molecule has 0 aliphatic rings. The van der Waals surface area contributed by atoms with Crippen LogP contribution in [-0.2, 0) is 44.7 Å². The van der Waals surface area contributed by atoms with Gasteiger partial charge in [0.25, 0.3) is 20.0 Å². The number of carbonyl (C=O) groups excluding carboxylic acids is 1. The van der Waals surface area contributed by atoms with Crippen LogP contribution in [0.2, 0.25) is 0 Å². The van der Waals surface area contributed by atoms with Crippen LogP contribution in [0.25, 0.3) is 33.1 Å². The second kappa shape index (κ2) is 15.9. The van der Waals surface area contributed by atoms with Gasteiger partial charge in [0.1, 0.15) is 19.1 Å². The number of hydrogen-bond acceptors (Lipinski definition) is 8. The van der Waals surface area contributed by atoms with Crippen LogP contribution in [0.1, 0.15) is 27.3 Å². The number of fused-ring (bicyclic) bond motifs is 2. The number of rotatable bonds is 14. The van der Waals surface area contributed by atoms with Crippen molar-refractivity contribution in [3.63, 3.8) is 0 Å². The molecule has 6 aromatic carbocycles. The van der Waals surface area contributed by atoms with E-state index >= 15 is 0 Å². The van der Waals surface area contributed by atoms with Crippen molar-refractivity contribution in [2.45, 2.75) is 29.7 Å². The van der Waals surface area contributed by atoms with E-state index in [1.807, 2.05) is 60.7 Å². The van der Waals surface area contributed by atoms with Gasteiger partial charge in [-0.15, -0.1) is 0 Å². The lowest BCUT2D eigenvalue weighted by atomic mass is 10.1. The molecule has 0 amide bonds. The third-order valence-corrected chi connectivity index (χ3v) is 13.5. The SMILES string of the molecule is O=C(c1cn(S(=O)(=O)c2ccccc2)c2cc(OCc3ccccc3)ccc12)c1nc(-c2cn(S(=O)(=O)c3ccccc3)c3ccccc23)cn1COCc1ccccc1. The van der Waals surface area contributed by atoms with Gasteiger partial charge in [0, 0.05) is 41.0 Å². The highest BCUT2D eigenvalue weighted by Gasteiger charge is 2.29. The number of para-hydroxylation sites is 1. The maximum atomic E-state index is 15.0. The lowest BCUT2D eigenvalue weighted by Gasteiger charge is -2.10. The first-order chi connectivity index (χ1) is 29.2. The van der Waals surface area contributed by atoms with Crippen LogP contribution in [0, 0.1) is 0 Å². The maximum absolute atomic E-state index is 15.0. The molecule has 298 valence electrons. The summed E-state index contributed by atoms with van der Waals surface area (Å²) in [6.07, 6.45) is 4.47. The predicted molar refractivity (Wildman–Crippen MR) is 229 cm³/mol. The van der Waals surface area contributed by atoms with E-state index in [4.69, 9.17) is 14.5 Å². The molecule has 0 N–H and O–H groups in total. The van der Waals surface area contributed by atoms with Crippen molar-refractivity contribution in [2.24, 2.45) is 0 Å². The summed E-state index contributed by atoms with van der Waals surface area (Å²) in [5.41, 5.74) is 3.37. The van der Waals surface area contributed by atoms with E-state index in [2.05, 4.69) is 0 Å². The molecule has 11 nitrogen and oxygen atoms in total. The molecule has 13 heteroatoms. The molecule has 9 aromatic rings. The van der Waals surface area contributed by atoms with Crippen molar-refractivity contribution in [1.82, 2.24) is 17.5 Å². The van der Waals surface area contributed by atoms with Crippen molar-refractivity contribution in [3.05, 3.63) is 205 Å². The number of imidazole rings is 1. The minimum atomic E-state index is -4.20. The Hall–Kier alpha value is -7.06. The van der Waals surface area contributed by atoms with Crippen LogP contribution in [0.3, 0.4) is 0 Å². The molecule has 0 aliphatic heterocycles. The van der Waals surface area contributed by atoms with E-state index in [1.54, 1.807) is 89.6 Å². The van der Waals surface area contributed by atoms with E-state index in [0.717, 1.165) is 15.1 Å². The lowest BCUT2D eigenvalue weighted by Crippen LogP contribution is -2.14. The summed E-state index contributed by atoms with van der Waals surface area (Å²) >= 11 is 0. The predicted octanol–water partition coefficient (Wildman–Crippen LogP) is 8.92. The summed E-state index contributed by atoms with van der Waals surface area (Å²) in [6, 6.07) is 47.3. The Labute approximate surface area is 346 Å². The van der Waals surface area contributed by atoms with E-state index in [9.17, 15) is 21.6 Å². The Morgan fingerprint density at radius 1 is 0.550 bits per heavy atom. The zero-order chi connectivity index (χ0) is 41.3. The fourth-order valence-corrected chi connectivity index (χ4v) is 9.91. The zero-order valence-electron chi connectivity index (χ0n) is 31.9. The van der Waals surface area contributed by atoms with E-state index in [0.29, 0.717) is 33.3 Å². The summed E-state index contributed by atoms with van der Waals surface area (Å²) < 4.78 is 72.6. The van der Waals surface area contributed by atoms with Crippen molar-refractivity contribution in [3.8, 4) is 17.0 Å². The Balaban J connectivity index is 1.17. The lowest BCUT2D eigenvalue weighted by molar-refractivity contribution is 0.0611. The number of nitrogens with zero attached hydrogens (tertiary/aromatic N) is 4. The molecule has 0 radical (unpaired) electrons. The third kappa shape index (κ3) is 7.30. The van der Waals surface area contributed by atoms with Crippen LogP contribution in [-0.4, -0.2) is 40.1 Å². The first-order valence-electron chi connectivity index (χ1n) is 19.0. The van der Waals surface area contributed by atoms with Crippen molar-refractivity contribution >= 4 is 47.6 Å². The molecule has 9 rings (SSSR count). The normalized spacial score (nSPS) is 11.9. The molecule has 0 saturated carbocycles. The van der Waals surface area contributed by atoms with Crippen LogP contribution in [0.5, 0.6) is 5.75 Å². The number of ether oxygens (including phenoxy) is 2. The minimum Gasteiger partial charge on any atom is -0.489 e. The summed E-state index contributed by atoms with van der Waals surface area (Å²) in [7, 11) is -8.22. The molecule has 0 unspecified atom stereocenters. The van der Waals surface area contributed by atoms with Crippen LogP contribution >= 0.6 is 0 Å². The molecule has 60 heavy (non-hydrogen) atoms. The van der Waals surface area contributed by atoms with Crippen LogP contribution < -0.4 is 4.74 Å². The van der Waals surface area contributed by atoms with Crippen molar-refractivity contribution in [2.75, 3.05) is 0 Å². The number of aromatic nitrogens is 4. The molecule has 3 aromatic heterocycles. The second-order valence-corrected chi connectivity index (χ2v) is 17.6. The molecule has 3 heterocycles. The zero-order valence-corrected chi connectivity index (χ0v) is 33.5. The van der Waals surface area contributed by atoms with Gasteiger partial charge < -0.3 is 14.0 Å². The third-order valence-electron chi connectivity index (χ3n) is 10.1. The first kappa shape index (κ1) is 38.5. The van der Waals surface area contributed by atoms with Gasteiger partial charge in [-0.3, -0.25) is 4.79 Å². The maximum Gasteiger partial charge on any atom is 0.268 e. The quantitative estimate of drug-likeness (QED) is 0.0994. The van der Waals surface area contributed by atoms with E-state index < -0.39 is 25.8 Å². The Morgan fingerprint density at radius 3 is 1.73 bits per heavy atom. The molecule has 0 saturated heterocycles. The summed E-state index contributed by atoms with van der Waals surface area (Å²) in [5, 5.41) is 0.956.